The van der Waals surface area contributed by atoms with Crippen LogP contribution < -0.4 is 0 Å². The molecule has 6 rings (SSSR count). The zero-order chi connectivity index (χ0) is 30.3. The molecule has 1 saturated heterocycles. The summed E-state index contributed by atoms with van der Waals surface area (Å²) in [4.78, 5) is 14.5. The number of aliphatic hydroxyl groups excluding tert-OH is 1. The van der Waals surface area contributed by atoms with Crippen molar-refractivity contribution in [2.75, 3.05) is 13.2 Å². The lowest BCUT2D eigenvalue weighted by atomic mass is 9.34. The molecule has 4 heteroatoms. The quantitative estimate of drug-likeness (QED) is 0.283. The molecule has 0 radical (unpaired) electrons. The number of ether oxygens (including phenoxy) is 2. The Morgan fingerprint density at radius 2 is 1.74 bits per heavy atom. The van der Waals surface area contributed by atoms with Gasteiger partial charge in [-0.15, -0.1) is 0 Å². The van der Waals surface area contributed by atoms with E-state index in [-0.39, 0.29) is 51.0 Å². The van der Waals surface area contributed by atoms with Crippen LogP contribution in [-0.4, -0.2) is 30.4 Å². The monoisotopic (exact) mass is 576 g/mol. The molecule has 1 aromatic carbocycles. The lowest BCUT2D eigenvalue weighted by Crippen LogP contribution is -2.68. The number of allylic oxidation sites excluding steroid dienone is 1. The topological polar surface area (TPSA) is 55.8 Å². The number of esters is 1. The number of benzene rings is 1. The van der Waals surface area contributed by atoms with Crippen LogP contribution in [0.3, 0.4) is 0 Å². The average molecular weight is 577 g/mol. The maximum Gasteiger partial charge on any atom is 0.310 e. The van der Waals surface area contributed by atoms with E-state index in [0.29, 0.717) is 36.9 Å². The van der Waals surface area contributed by atoms with Gasteiger partial charge in [0.05, 0.1) is 25.2 Å². The molecule has 1 N–H and O–H groups in total. The molecule has 4 aliphatic carbocycles. The van der Waals surface area contributed by atoms with Crippen molar-refractivity contribution in [2.45, 2.75) is 107 Å². The van der Waals surface area contributed by atoms with Crippen LogP contribution in [-0.2, 0) is 20.9 Å². The fourth-order valence-electron chi connectivity index (χ4n) is 11.8. The van der Waals surface area contributed by atoms with Crippen LogP contribution in [0.1, 0.15) is 99.5 Å². The standard InChI is InChI=1S/C38H56O4/c1-24(2)26(4)34(5)18-19-36(7)28-14-15-30-35(6)22-41-23-38(30,20-25(3)32(35)39)29(28)16-17-37(36,8)31(34)33(40)42-21-27-12-10-9-11-13-27/h9-13,16,24-26,28,30-32,39H,14-15,17-23H2,1-8H3/t25-,26-,28+,30+,31-,32+,34-,35+,36-,37+,38+/m1/s1. The van der Waals surface area contributed by atoms with Crippen molar-refractivity contribution in [2.24, 2.45) is 62.6 Å². The molecule has 1 aromatic rings. The van der Waals surface area contributed by atoms with Crippen LogP contribution in [0.5, 0.6) is 0 Å². The summed E-state index contributed by atoms with van der Waals surface area (Å²) >= 11 is 0. The second kappa shape index (κ2) is 10.2. The van der Waals surface area contributed by atoms with Crippen molar-refractivity contribution in [3.8, 4) is 0 Å². The van der Waals surface area contributed by atoms with Gasteiger partial charge in [0.2, 0.25) is 0 Å². The molecule has 0 spiro atoms. The van der Waals surface area contributed by atoms with E-state index in [2.05, 4.69) is 61.5 Å². The van der Waals surface area contributed by atoms with Gasteiger partial charge in [0.15, 0.2) is 0 Å². The highest BCUT2D eigenvalue weighted by Crippen LogP contribution is 2.75. The van der Waals surface area contributed by atoms with Gasteiger partial charge in [-0.1, -0.05) is 97.4 Å². The number of carbonyl (C=O) groups excluding carboxylic acids is 1. The molecule has 1 heterocycles. The Morgan fingerprint density at radius 1 is 1.02 bits per heavy atom. The number of carbonyl (C=O) groups is 1. The smallest absolute Gasteiger partial charge is 0.310 e. The third-order valence-electron chi connectivity index (χ3n) is 14.6. The van der Waals surface area contributed by atoms with Crippen LogP contribution in [0.2, 0.25) is 0 Å². The van der Waals surface area contributed by atoms with E-state index in [1.165, 1.54) is 0 Å². The molecule has 3 saturated carbocycles. The fraction of sp³-hybridized carbons (Fsp3) is 0.763. The highest BCUT2D eigenvalue weighted by Gasteiger charge is 2.71. The Kier molecular flexibility index (Phi) is 7.37. The van der Waals surface area contributed by atoms with E-state index in [9.17, 15) is 9.90 Å². The van der Waals surface area contributed by atoms with Gasteiger partial charge in [0.25, 0.3) is 0 Å². The number of fused-ring (bicyclic) bond motifs is 3. The predicted molar refractivity (Wildman–Crippen MR) is 167 cm³/mol. The summed E-state index contributed by atoms with van der Waals surface area (Å²) in [6.07, 6.45) is 8.65. The zero-order valence-electron chi connectivity index (χ0n) is 27.5. The highest BCUT2D eigenvalue weighted by atomic mass is 16.5. The van der Waals surface area contributed by atoms with Gasteiger partial charge in [-0.05, 0) is 89.9 Å². The third-order valence-corrected chi connectivity index (χ3v) is 14.6. The Bertz CT molecular complexity index is 1220. The van der Waals surface area contributed by atoms with Crippen LogP contribution in [0, 0.1) is 62.6 Å². The molecular weight excluding hydrogens is 520 g/mol. The first-order chi connectivity index (χ1) is 19.7. The number of rotatable bonds is 5. The second-order valence-electron chi connectivity index (χ2n) is 16.7. The van der Waals surface area contributed by atoms with E-state index in [0.717, 1.165) is 50.7 Å². The largest absolute Gasteiger partial charge is 0.461 e. The van der Waals surface area contributed by atoms with Crippen LogP contribution in [0.15, 0.2) is 42.0 Å². The molecule has 11 atom stereocenters. The van der Waals surface area contributed by atoms with Gasteiger partial charge < -0.3 is 14.6 Å². The van der Waals surface area contributed by atoms with Crippen molar-refractivity contribution in [3.05, 3.63) is 47.5 Å². The molecule has 232 valence electrons. The minimum atomic E-state index is -0.311. The third kappa shape index (κ3) is 4.02. The van der Waals surface area contributed by atoms with Gasteiger partial charge in [-0.3, -0.25) is 4.79 Å². The normalized spacial score (nSPS) is 47.0. The Labute approximate surface area is 255 Å². The Hall–Kier alpha value is -1.65. The summed E-state index contributed by atoms with van der Waals surface area (Å²) in [5.41, 5.74) is 2.14. The van der Waals surface area contributed by atoms with E-state index in [1.807, 2.05) is 30.3 Å². The van der Waals surface area contributed by atoms with Gasteiger partial charge in [0.1, 0.15) is 6.61 Å². The molecule has 42 heavy (non-hydrogen) atoms. The zero-order valence-corrected chi connectivity index (χ0v) is 27.5. The summed E-state index contributed by atoms with van der Waals surface area (Å²) < 4.78 is 12.7. The van der Waals surface area contributed by atoms with E-state index in [4.69, 9.17) is 9.47 Å². The molecule has 5 aliphatic rings. The summed E-state index contributed by atoms with van der Waals surface area (Å²) in [6.45, 7) is 20.7. The fourth-order valence-corrected chi connectivity index (χ4v) is 11.8. The van der Waals surface area contributed by atoms with Crippen LogP contribution >= 0.6 is 0 Å². The number of hydrogen-bond donors (Lipinski definition) is 1. The number of hydrogen-bond acceptors (Lipinski definition) is 4. The van der Waals surface area contributed by atoms with E-state index in [1.54, 1.807) is 5.57 Å². The summed E-state index contributed by atoms with van der Waals surface area (Å²) in [7, 11) is 0. The van der Waals surface area contributed by atoms with Gasteiger partial charge in [-0.2, -0.15) is 0 Å². The molecular formula is C38H56O4. The highest BCUT2D eigenvalue weighted by molar-refractivity contribution is 5.75. The molecule has 2 bridgehead atoms. The average Bonchev–Trinajstić information content (AvgIpc) is 2.95. The first-order valence-electron chi connectivity index (χ1n) is 16.9. The Morgan fingerprint density at radius 3 is 2.43 bits per heavy atom. The maximum atomic E-state index is 14.5. The summed E-state index contributed by atoms with van der Waals surface area (Å²) in [5.74, 6) is 1.88. The van der Waals surface area contributed by atoms with E-state index >= 15 is 0 Å². The molecule has 0 aromatic heterocycles. The van der Waals surface area contributed by atoms with Crippen molar-refractivity contribution >= 4 is 5.97 Å². The summed E-state index contributed by atoms with van der Waals surface area (Å²) in [6, 6.07) is 10.1. The second-order valence-corrected chi connectivity index (χ2v) is 16.7. The number of aliphatic hydroxyl groups is 1. The van der Waals surface area contributed by atoms with E-state index < -0.39 is 0 Å². The molecule has 0 amide bonds. The lowest BCUT2D eigenvalue weighted by molar-refractivity contribution is -0.241. The van der Waals surface area contributed by atoms with Gasteiger partial charge in [-0.25, -0.2) is 0 Å². The molecule has 4 nitrogen and oxygen atoms in total. The molecule has 1 aliphatic heterocycles. The first-order valence-corrected chi connectivity index (χ1v) is 16.9. The predicted octanol–water partition coefficient (Wildman–Crippen LogP) is 8.23. The Balaban J connectivity index is 1.42. The molecule has 4 fully saturated rings. The minimum Gasteiger partial charge on any atom is -0.461 e. The first kappa shape index (κ1) is 30.4. The minimum absolute atomic E-state index is 0.00338. The van der Waals surface area contributed by atoms with Gasteiger partial charge >= 0.3 is 5.97 Å². The van der Waals surface area contributed by atoms with Crippen LogP contribution in [0.4, 0.5) is 0 Å². The van der Waals surface area contributed by atoms with Crippen LogP contribution in [0.25, 0.3) is 0 Å². The summed E-state index contributed by atoms with van der Waals surface area (Å²) in [5, 5.41) is 11.4. The van der Waals surface area contributed by atoms with Gasteiger partial charge in [0, 0.05) is 10.8 Å². The van der Waals surface area contributed by atoms with Crippen molar-refractivity contribution in [3.63, 3.8) is 0 Å². The van der Waals surface area contributed by atoms with Crippen molar-refractivity contribution in [1.82, 2.24) is 0 Å². The van der Waals surface area contributed by atoms with Crippen molar-refractivity contribution < 1.29 is 19.4 Å². The molecule has 0 unspecified atom stereocenters. The van der Waals surface area contributed by atoms with Crippen molar-refractivity contribution in [1.29, 1.82) is 0 Å². The maximum absolute atomic E-state index is 14.5. The lowest BCUT2D eigenvalue weighted by Gasteiger charge is -2.71. The SMILES string of the molecule is CC(C)[C@@H](C)[C@@]1(C)CC[C@]2(C)[C@H]3CC[C@@H]4[C@@]5(COC[C@]4(C)[C@@H](O)[C@H](C)C5)C3=CC[C@@]2(C)[C@@H]1C(=O)OCc1ccccc1.